The van der Waals surface area contributed by atoms with Crippen LogP contribution in [0.2, 0.25) is 0 Å². The van der Waals surface area contributed by atoms with Gasteiger partial charge in [0.1, 0.15) is 10.8 Å². The van der Waals surface area contributed by atoms with Gasteiger partial charge in [0.25, 0.3) is 0 Å². The fraction of sp³-hybridized carbons (Fsp3) is 0.0714. The van der Waals surface area contributed by atoms with Crippen LogP contribution in [-0.2, 0) is 0 Å². The van der Waals surface area contributed by atoms with Crippen molar-refractivity contribution in [2.75, 3.05) is 0 Å². The third-order valence-corrected chi connectivity index (χ3v) is 4.37. The number of phenolic OH excluding ortho intramolecular Hbond substituents is 1. The van der Waals surface area contributed by atoms with Gasteiger partial charge in [0.2, 0.25) is 0 Å². The van der Waals surface area contributed by atoms with Crippen molar-refractivity contribution in [2.45, 2.75) is 6.92 Å². The molecule has 0 unspecified atom stereocenters. The molecular formula is C14H10BrNOS. The van der Waals surface area contributed by atoms with Gasteiger partial charge in [-0.1, -0.05) is 15.9 Å². The average molecular weight is 320 g/mol. The molecule has 0 aliphatic heterocycles. The number of hydrogen-bond acceptors (Lipinski definition) is 3. The van der Waals surface area contributed by atoms with Crippen LogP contribution in [0.4, 0.5) is 0 Å². The van der Waals surface area contributed by atoms with Gasteiger partial charge in [0.05, 0.1) is 10.2 Å². The first-order valence-electron chi connectivity index (χ1n) is 5.49. The lowest BCUT2D eigenvalue weighted by Crippen LogP contribution is -1.79. The molecule has 0 aliphatic carbocycles. The van der Waals surface area contributed by atoms with Crippen molar-refractivity contribution in [1.29, 1.82) is 0 Å². The normalized spacial score (nSPS) is 11.0. The number of rotatable bonds is 1. The van der Waals surface area contributed by atoms with Gasteiger partial charge >= 0.3 is 0 Å². The summed E-state index contributed by atoms with van der Waals surface area (Å²) >= 11 is 5.11. The Bertz CT molecular complexity index is 736. The first kappa shape index (κ1) is 11.7. The SMILES string of the molecule is Cc1cc(-c2nc3cc(Br)ccc3s2)ccc1O. The quantitative estimate of drug-likeness (QED) is 0.702. The number of benzene rings is 2. The number of aryl methyl sites for hydroxylation is 1. The van der Waals surface area contributed by atoms with Crippen LogP contribution in [0, 0.1) is 6.92 Å². The Kier molecular flexibility index (Phi) is 2.84. The predicted molar refractivity (Wildman–Crippen MR) is 79.2 cm³/mol. The molecule has 0 atom stereocenters. The number of aromatic hydroxyl groups is 1. The van der Waals surface area contributed by atoms with E-state index in [1.54, 1.807) is 17.4 Å². The maximum absolute atomic E-state index is 9.54. The van der Waals surface area contributed by atoms with Crippen molar-refractivity contribution in [3.05, 3.63) is 46.4 Å². The molecule has 0 saturated heterocycles. The minimum Gasteiger partial charge on any atom is -0.508 e. The lowest BCUT2D eigenvalue weighted by molar-refractivity contribution is 0.471. The largest absolute Gasteiger partial charge is 0.508 e. The summed E-state index contributed by atoms with van der Waals surface area (Å²) in [5, 5.41) is 10.5. The van der Waals surface area contributed by atoms with E-state index in [4.69, 9.17) is 0 Å². The highest BCUT2D eigenvalue weighted by atomic mass is 79.9. The minimum atomic E-state index is 0.322. The van der Waals surface area contributed by atoms with Crippen molar-refractivity contribution in [3.8, 4) is 16.3 Å². The van der Waals surface area contributed by atoms with Crippen molar-refractivity contribution in [2.24, 2.45) is 0 Å². The molecule has 0 amide bonds. The number of thiazole rings is 1. The topological polar surface area (TPSA) is 33.1 Å². The Morgan fingerprint density at radius 1 is 1.17 bits per heavy atom. The summed E-state index contributed by atoms with van der Waals surface area (Å²) in [6.07, 6.45) is 0. The average Bonchev–Trinajstić information content (AvgIpc) is 2.75. The lowest BCUT2D eigenvalue weighted by Gasteiger charge is -2.00. The highest BCUT2D eigenvalue weighted by molar-refractivity contribution is 9.10. The van der Waals surface area contributed by atoms with E-state index in [0.29, 0.717) is 5.75 Å². The van der Waals surface area contributed by atoms with Gasteiger partial charge < -0.3 is 5.11 Å². The van der Waals surface area contributed by atoms with Gasteiger partial charge in [-0.15, -0.1) is 11.3 Å². The van der Waals surface area contributed by atoms with Gasteiger partial charge in [0, 0.05) is 10.0 Å². The van der Waals surface area contributed by atoms with Gasteiger partial charge in [-0.05, 0) is 48.9 Å². The summed E-state index contributed by atoms with van der Waals surface area (Å²) in [7, 11) is 0. The van der Waals surface area contributed by atoms with Crippen LogP contribution in [0.25, 0.3) is 20.8 Å². The summed E-state index contributed by atoms with van der Waals surface area (Å²) in [4.78, 5) is 4.62. The highest BCUT2D eigenvalue weighted by Gasteiger charge is 2.07. The second kappa shape index (κ2) is 4.37. The molecule has 1 aromatic heterocycles. The summed E-state index contributed by atoms with van der Waals surface area (Å²) in [5.74, 6) is 0.322. The van der Waals surface area contributed by atoms with E-state index in [2.05, 4.69) is 27.0 Å². The predicted octanol–water partition coefficient (Wildman–Crippen LogP) is 4.74. The molecule has 2 aromatic carbocycles. The van der Waals surface area contributed by atoms with Crippen LogP contribution >= 0.6 is 27.3 Å². The summed E-state index contributed by atoms with van der Waals surface area (Å²) in [5.41, 5.74) is 2.91. The number of nitrogens with zero attached hydrogens (tertiary/aromatic N) is 1. The molecule has 1 heterocycles. The monoisotopic (exact) mass is 319 g/mol. The Morgan fingerprint density at radius 3 is 2.78 bits per heavy atom. The van der Waals surface area contributed by atoms with Crippen molar-refractivity contribution in [1.82, 2.24) is 4.98 Å². The van der Waals surface area contributed by atoms with E-state index in [0.717, 1.165) is 26.1 Å². The van der Waals surface area contributed by atoms with Crippen LogP contribution in [0.1, 0.15) is 5.56 Å². The molecule has 18 heavy (non-hydrogen) atoms. The van der Waals surface area contributed by atoms with E-state index in [1.807, 2.05) is 31.2 Å². The van der Waals surface area contributed by atoms with E-state index in [9.17, 15) is 5.11 Å². The van der Waals surface area contributed by atoms with Crippen LogP contribution in [0.15, 0.2) is 40.9 Å². The summed E-state index contributed by atoms with van der Waals surface area (Å²) in [6.45, 7) is 1.89. The van der Waals surface area contributed by atoms with Crippen molar-refractivity contribution in [3.63, 3.8) is 0 Å². The van der Waals surface area contributed by atoms with E-state index in [-0.39, 0.29) is 0 Å². The third kappa shape index (κ3) is 2.02. The van der Waals surface area contributed by atoms with Crippen molar-refractivity contribution < 1.29 is 5.11 Å². The molecular weight excluding hydrogens is 310 g/mol. The molecule has 4 heteroatoms. The Labute approximate surface area is 117 Å². The maximum Gasteiger partial charge on any atom is 0.124 e. The van der Waals surface area contributed by atoms with Crippen LogP contribution in [0.3, 0.4) is 0 Å². The number of aromatic nitrogens is 1. The molecule has 3 rings (SSSR count). The van der Waals surface area contributed by atoms with Gasteiger partial charge in [-0.2, -0.15) is 0 Å². The molecule has 0 saturated carbocycles. The lowest BCUT2D eigenvalue weighted by atomic mass is 10.1. The van der Waals surface area contributed by atoms with Gasteiger partial charge in [0.15, 0.2) is 0 Å². The number of phenols is 1. The molecule has 0 aliphatic rings. The fourth-order valence-electron chi connectivity index (χ4n) is 1.81. The minimum absolute atomic E-state index is 0.322. The summed E-state index contributed by atoms with van der Waals surface area (Å²) < 4.78 is 2.20. The Hall–Kier alpha value is -1.39. The highest BCUT2D eigenvalue weighted by Crippen LogP contribution is 2.33. The Morgan fingerprint density at radius 2 is 2.00 bits per heavy atom. The Balaban J connectivity index is 2.16. The molecule has 2 nitrogen and oxygen atoms in total. The smallest absolute Gasteiger partial charge is 0.124 e. The molecule has 0 bridgehead atoms. The second-order valence-electron chi connectivity index (χ2n) is 4.13. The molecule has 90 valence electrons. The number of fused-ring (bicyclic) bond motifs is 1. The standard InChI is InChI=1S/C14H10BrNOS/c1-8-6-9(2-4-12(8)17)14-16-11-7-10(15)3-5-13(11)18-14/h2-7,17H,1H3. The zero-order valence-electron chi connectivity index (χ0n) is 9.64. The van der Waals surface area contributed by atoms with Crippen LogP contribution < -0.4 is 0 Å². The fourth-order valence-corrected chi connectivity index (χ4v) is 3.10. The van der Waals surface area contributed by atoms with Crippen LogP contribution in [-0.4, -0.2) is 10.1 Å². The van der Waals surface area contributed by atoms with E-state index in [1.165, 1.54) is 4.70 Å². The molecule has 3 aromatic rings. The zero-order valence-corrected chi connectivity index (χ0v) is 12.0. The zero-order chi connectivity index (χ0) is 12.7. The van der Waals surface area contributed by atoms with Gasteiger partial charge in [-0.25, -0.2) is 4.98 Å². The molecule has 0 radical (unpaired) electrons. The van der Waals surface area contributed by atoms with Crippen LogP contribution in [0.5, 0.6) is 5.75 Å². The van der Waals surface area contributed by atoms with E-state index >= 15 is 0 Å². The van der Waals surface area contributed by atoms with E-state index < -0.39 is 0 Å². The van der Waals surface area contributed by atoms with Crippen molar-refractivity contribution >= 4 is 37.5 Å². The number of hydrogen-bond donors (Lipinski definition) is 1. The first-order chi connectivity index (χ1) is 8.63. The van der Waals surface area contributed by atoms with Gasteiger partial charge in [-0.3, -0.25) is 0 Å². The summed E-state index contributed by atoms with van der Waals surface area (Å²) in [6, 6.07) is 11.7. The maximum atomic E-state index is 9.54. The molecule has 0 fully saturated rings. The third-order valence-electron chi connectivity index (χ3n) is 2.79. The second-order valence-corrected chi connectivity index (χ2v) is 6.08. The molecule has 1 N–H and O–H groups in total. The molecule has 0 spiro atoms. The number of halogens is 1. The first-order valence-corrected chi connectivity index (χ1v) is 7.10.